The lowest BCUT2D eigenvalue weighted by Gasteiger charge is -2.30. The van der Waals surface area contributed by atoms with Gasteiger partial charge in [-0.3, -0.25) is 19.7 Å². The highest BCUT2D eigenvalue weighted by Crippen LogP contribution is 2.39. The van der Waals surface area contributed by atoms with Crippen LogP contribution in [0.4, 0.5) is 5.82 Å². The highest BCUT2D eigenvalue weighted by atomic mass is 16.1. The molecule has 0 saturated heterocycles. The Morgan fingerprint density at radius 2 is 1.83 bits per heavy atom. The Morgan fingerprint density at radius 3 is 2.58 bits per heavy atom. The van der Waals surface area contributed by atoms with Gasteiger partial charge in [0.15, 0.2) is 0 Å². The monoisotopic (exact) mass is 476 g/mol. The summed E-state index contributed by atoms with van der Waals surface area (Å²) in [6.07, 6.45) is 12.4. The average Bonchev–Trinajstić information content (AvgIpc) is 3.77. The molecule has 1 N–H and O–H groups in total. The number of pyridine rings is 4. The molecule has 0 atom stereocenters. The number of carbonyl (C=O) groups is 1. The van der Waals surface area contributed by atoms with E-state index in [1.165, 1.54) is 24.1 Å². The number of anilines is 1. The molecule has 4 aromatic rings. The molecule has 1 saturated carbocycles. The Bertz CT molecular complexity index is 1400. The van der Waals surface area contributed by atoms with E-state index in [1.807, 2.05) is 37.5 Å². The third kappa shape index (κ3) is 4.69. The average molecular weight is 477 g/mol. The molecule has 1 aliphatic carbocycles. The van der Waals surface area contributed by atoms with Gasteiger partial charge in [0.1, 0.15) is 5.82 Å². The Labute approximate surface area is 210 Å². The lowest BCUT2D eigenvalue weighted by Crippen LogP contribution is -2.32. The maximum Gasteiger partial charge on any atom is 0.253 e. The van der Waals surface area contributed by atoms with Crippen molar-refractivity contribution in [3.8, 4) is 11.1 Å². The zero-order chi connectivity index (χ0) is 24.5. The summed E-state index contributed by atoms with van der Waals surface area (Å²) in [6.45, 7) is 4.06. The van der Waals surface area contributed by atoms with Gasteiger partial charge < -0.3 is 10.2 Å². The predicted molar refractivity (Wildman–Crippen MR) is 139 cm³/mol. The van der Waals surface area contributed by atoms with Crippen molar-refractivity contribution < 1.29 is 4.79 Å². The van der Waals surface area contributed by atoms with Crippen LogP contribution in [-0.2, 0) is 19.5 Å². The summed E-state index contributed by atoms with van der Waals surface area (Å²) in [6, 6.07) is 12.2. The summed E-state index contributed by atoms with van der Waals surface area (Å²) < 4.78 is 0. The van der Waals surface area contributed by atoms with Gasteiger partial charge in [0.05, 0.1) is 5.56 Å². The molecule has 0 bridgehead atoms. The molecular weight excluding hydrogens is 448 g/mol. The lowest BCUT2D eigenvalue weighted by molar-refractivity contribution is 0.0950. The fourth-order valence-electron chi connectivity index (χ4n) is 4.77. The van der Waals surface area contributed by atoms with Crippen LogP contribution in [0.2, 0.25) is 0 Å². The van der Waals surface area contributed by atoms with Crippen LogP contribution in [0, 0.1) is 6.92 Å². The molecule has 7 heteroatoms. The van der Waals surface area contributed by atoms with Crippen molar-refractivity contribution in [2.24, 2.45) is 0 Å². The topological polar surface area (TPSA) is 83.9 Å². The SMILES string of the molecule is Cc1cc(C(=O)NCc2ccncc2)cnc1N1CCc2ncc(-c3ccc(C4CC4)nc3)cc2C1. The van der Waals surface area contributed by atoms with Crippen LogP contribution in [0.5, 0.6) is 0 Å². The van der Waals surface area contributed by atoms with Crippen LogP contribution < -0.4 is 10.2 Å². The second-order valence-corrected chi connectivity index (χ2v) is 9.65. The third-order valence-corrected chi connectivity index (χ3v) is 6.97. The molecule has 1 aliphatic heterocycles. The summed E-state index contributed by atoms with van der Waals surface area (Å²) >= 11 is 0. The van der Waals surface area contributed by atoms with E-state index in [-0.39, 0.29) is 5.91 Å². The second kappa shape index (κ2) is 9.49. The molecule has 4 aromatic heterocycles. The lowest BCUT2D eigenvalue weighted by atomic mass is 10.0. The van der Waals surface area contributed by atoms with Crippen LogP contribution in [0.1, 0.15) is 57.2 Å². The van der Waals surface area contributed by atoms with Crippen LogP contribution in [0.25, 0.3) is 11.1 Å². The van der Waals surface area contributed by atoms with Gasteiger partial charge in [-0.1, -0.05) is 6.07 Å². The first-order valence-corrected chi connectivity index (χ1v) is 12.5. The Balaban J connectivity index is 1.16. The number of fused-ring (bicyclic) bond motifs is 1. The quantitative estimate of drug-likeness (QED) is 0.437. The summed E-state index contributed by atoms with van der Waals surface area (Å²) in [5, 5.41) is 2.96. The van der Waals surface area contributed by atoms with E-state index in [0.717, 1.165) is 53.3 Å². The van der Waals surface area contributed by atoms with Crippen molar-refractivity contribution in [2.45, 2.75) is 45.2 Å². The molecule has 2 aliphatic rings. The molecule has 1 amide bonds. The summed E-state index contributed by atoms with van der Waals surface area (Å²) in [5.74, 6) is 1.43. The van der Waals surface area contributed by atoms with Crippen molar-refractivity contribution >= 4 is 11.7 Å². The van der Waals surface area contributed by atoms with E-state index < -0.39 is 0 Å². The number of carbonyl (C=O) groups excluding carboxylic acids is 1. The Morgan fingerprint density at radius 1 is 1.00 bits per heavy atom. The van der Waals surface area contributed by atoms with E-state index in [4.69, 9.17) is 4.98 Å². The number of amides is 1. The van der Waals surface area contributed by atoms with Gasteiger partial charge in [-0.05, 0) is 66.8 Å². The smallest absolute Gasteiger partial charge is 0.253 e. The fraction of sp³-hybridized carbons (Fsp3) is 0.276. The number of aryl methyl sites for hydroxylation is 1. The number of nitrogens with one attached hydrogen (secondary N) is 1. The minimum Gasteiger partial charge on any atom is -0.352 e. The fourth-order valence-corrected chi connectivity index (χ4v) is 4.77. The Kier molecular flexibility index (Phi) is 5.89. The van der Waals surface area contributed by atoms with Gasteiger partial charge in [0.2, 0.25) is 0 Å². The molecule has 0 radical (unpaired) electrons. The van der Waals surface area contributed by atoms with Crippen molar-refractivity contribution in [1.82, 2.24) is 25.3 Å². The standard InChI is InChI=1S/C29H28N6O/c1-19-12-24(29(36)34-14-20-6-9-30-10-7-20)17-33-28(19)35-11-8-27-25(18-35)13-23(16-32-27)22-4-5-26(31-15-22)21-2-3-21/h4-7,9-10,12-13,15-17,21H,2-3,8,11,14,18H2,1H3,(H,34,36). The maximum atomic E-state index is 12.7. The maximum absolute atomic E-state index is 12.7. The van der Waals surface area contributed by atoms with E-state index >= 15 is 0 Å². The highest BCUT2D eigenvalue weighted by Gasteiger charge is 2.25. The molecule has 36 heavy (non-hydrogen) atoms. The largest absolute Gasteiger partial charge is 0.352 e. The number of nitrogens with zero attached hydrogens (tertiary/aromatic N) is 5. The predicted octanol–water partition coefficient (Wildman–Crippen LogP) is 4.61. The zero-order valence-corrected chi connectivity index (χ0v) is 20.3. The van der Waals surface area contributed by atoms with E-state index in [9.17, 15) is 4.79 Å². The zero-order valence-electron chi connectivity index (χ0n) is 20.3. The van der Waals surface area contributed by atoms with Crippen molar-refractivity contribution in [3.63, 3.8) is 0 Å². The summed E-state index contributed by atoms with van der Waals surface area (Å²) in [7, 11) is 0. The van der Waals surface area contributed by atoms with Crippen LogP contribution >= 0.6 is 0 Å². The number of rotatable bonds is 6. The number of hydrogen-bond donors (Lipinski definition) is 1. The first-order valence-electron chi connectivity index (χ1n) is 12.5. The van der Waals surface area contributed by atoms with E-state index in [2.05, 4.69) is 43.4 Å². The summed E-state index contributed by atoms with van der Waals surface area (Å²) in [5.41, 5.74) is 8.31. The third-order valence-electron chi connectivity index (χ3n) is 6.97. The van der Waals surface area contributed by atoms with Crippen molar-refractivity contribution in [2.75, 3.05) is 11.4 Å². The summed E-state index contributed by atoms with van der Waals surface area (Å²) in [4.78, 5) is 33.1. The van der Waals surface area contributed by atoms with Crippen molar-refractivity contribution in [3.05, 3.63) is 101 Å². The highest BCUT2D eigenvalue weighted by molar-refractivity contribution is 5.94. The first kappa shape index (κ1) is 22.3. The normalized spacial score (nSPS) is 14.9. The minimum absolute atomic E-state index is 0.131. The molecule has 180 valence electrons. The van der Waals surface area contributed by atoms with Gasteiger partial charge in [-0.15, -0.1) is 0 Å². The molecule has 5 heterocycles. The molecular formula is C29H28N6O. The van der Waals surface area contributed by atoms with Crippen LogP contribution in [0.3, 0.4) is 0 Å². The number of aromatic nitrogens is 4. The molecule has 0 aromatic carbocycles. The van der Waals surface area contributed by atoms with E-state index in [1.54, 1.807) is 18.6 Å². The molecule has 0 spiro atoms. The molecule has 7 nitrogen and oxygen atoms in total. The van der Waals surface area contributed by atoms with Gasteiger partial charge >= 0.3 is 0 Å². The second-order valence-electron chi connectivity index (χ2n) is 9.65. The molecule has 0 unspecified atom stereocenters. The van der Waals surface area contributed by atoms with Crippen LogP contribution in [0.15, 0.2) is 67.4 Å². The van der Waals surface area contributed by atoms with Gasteiger partial charge in [0, 0.05) is 85.5 Å². The first-order chi connectivity index (χ1) is 17.6. The number of hydrogen-bond acceptors (Lipinski definition) is 6. The van der Waals surface area contributed by atoms with Gasteiger partial charge in [-0.2, -0.15) is 0 Å². The van der Waals surface area contributed by atoms with Gasteiger partial charge in [-0.25, -0.2) is 4.98 Å². The minimum atomic E-state index is -0.131. The van der Waals surface area contributed by atoms with Crippen LogP contribution in [-0.4, -0.2) is 32.4 Å². The van der Waals surface area contributed by atoms with E-state index in [0.29, 0.717) is 18.0 Å². The molecule has 1 fully saturated rings. The van der Waals surface area contributed by atoms with Crippen molar-refractivity contribution in [1.29, 1.82) is 0 Å². The molecule has 6 rings (SSSR count). The Hall–Kier alpha value is -4.13. The van der Waals surface area contributed by atoms with Gasteiger partial charge in [0.25, 0.3) is 5.91 Å².